The summed E-state index contributed by atoms with van der Waals surface area (Å²) >= 11 is 0. The lowest BCUT2D eigenvalue weighted by Crippen LogP contribution is -2.43. The number of halogens is 4. The molecule has 0 aliphatic heterocycles. The van der Waals surface area contributed by atoms with E-state index in [1.165, 1.54) is 18.1 Å². The maximum absolute atomic E-state index is 14.7. The van der Waals surface area contributed by atoms with Crippen molar-refractivity contribution in [2.45, 2.75) is 103 Å². The molecule has 2 aliphatic carbocycles. The van der Waals surface area contributed by atoms with E-state index in [2.05, 4.69) is 31.2 Å². The maximum atomic E-state index is 14.7. The zero-order valence-corrected chi connectivity index (χ0v) is 18.3. The molecule has 0 aromatic heterocycles. The third kappa shape index (κ3) is 6.21. The number of hydrogen-bond acceptors (Lipinski definition) is 1. The van der Waals surface area contributed by atoms with Crippen LogP contribution < -0.4 is 0 Å². The Bertz CT molecular complexity index is 650. The molecule has 0 radical (unpaired) electrons. The zero-order chi connectivity index (χ0) is 21.8. The van der Waals surface area contributed by atoms with Gasteiger partial charge in [-0.05, 0) is 74.8 Å². The lowest BCUT2D eigenvalue weighted by molar-refractivity contribution is -0.311. The summed E-state index contributed by atoms with van der Waals surface area (Å²) in [7, 11) is 0. The van der Waals surface area contributed by atoms with Gasteiger partial charge >= 0.3 is 6.11 Å². The molecule has 0 saturated heterocycles. The van der Waals surface area contributed by atoms with Gasteiger partial charge in [0.25, 0.3) is 5.92 Å². The first kappa shape index (κ1) is 23.6. The van der Waals surface area contributed by atoms with Crippen LogP contribution >= 0.6 is 0 Å². The first-order valence-corrected chi connectivity index (χ1v) is 11.7. The Kier molecular flexibility index (Phi) is 7.86. The van der Waals surface area contributed by atoms with Crippen molar-refractivity contribution in [3.05, 3.63) is 35.4 Å². The van der Waals surface area contributed by atoms with E-state index < -0.39 is 36.4 Å². The molecule has 2 unspecified atom stereocenters. The highest BCUT2D eigenvalue weighted by Gasteiger charge is 2.49. The topological polar surface area (TPSA) is 9.23 Å². The minimum absolute atomic E-state index is 0.236. The quantitative estimate of drug-likeness (QED) is 0.384. The van der Waals surface area contributed by atoms with Crippen molar-refractivity contribution in [1.82, 2.24) is 0 Å². The van der Waals surface area contributed by atoms with E-state index in [0.29, 0.717) is 25.2 Å². The van der Waals surface area contributed by atoms with Gasteiger partial charge in [0.2, 0.25) is 0 Å². The van der Waals surface area contributed by atoms with Crippen LogP contribution in [0.3, 0.4) is 0 Å². The summed E-state index contributed by atoms with van der Waals surface area (Å²) in [5, 5.41) is 0. The molecule has 170 valence electrons. The van der Waals surface area contributed by atoms with Crippen LogP contribution in [-0.2, 0) is 17.6 Å². The molecular weight excluding hydrogens is 392 g/mol. The highest BCUT2D eigenvalue weighted by Crippen LogP contribution is 2.45. The van der Waals surface area contributed by atoms with E-state index in [4.69, 9.17) is 4.74 Å². The maximum Gasteiger partial charge on any atom is 0.358 e. The molecular formula is C25H36F4O. The summed E-state index contributed by atoms with van der Waals surface area (Å²) in [5.74, 6) is -4.07. The van der Waals surface area contributed by atoms with Gasteiger partial charge in [0.05, 0.1) is 12.0 Å². The third-order valence-electron chi connectivity index (χ3n) is 7.19. The Hall–Kier alpha value is -1.10. The lowest BCUT2D eigenvalue weighted by atomic mass is 9.79. The number of aryl methyl sites for hydroxylation is 2. The van der Waals surface area contributed by atoms with E-state index in [0.717, 1.165) is 38.5 Å². The van der Waals surface area contributed by atoms with E-state index >= 15 is 0 Å². The molecule has 2 saturated carbocycles. The molecule has 0 bridgehead atoms. The van der Waals surface area contributed by atoms with Gasteiger partial charge in [-0.1, -0.05) is 44.5 Å². The molecule has 0 amide bonds. The van der Waals surface area contributed by atoms with Crippen LogP contribution in [0.1, 0.15) is 82.8 Å². The molecule has 1 nitrogen and oxygen atoms in total. The van der Waals surface area contributed by atoms with Crippen molar-refractivity contribution in [2.75, 3.05) is 0 Å². The Labute approximate surface area is 178 Å². The Balaban J connectivity index is 1.42. The SMILES string of the molecule is CCCc1ccc(CCC2CCC(C(F)(F)OC3CCC(C)C(F)(F)C3)CC2)cc1. The third-order valence-corrected chi connectivity index (χ3v) is 7.19. The normalized spacial score (nSPS) is 29.7. The number of rotatable bonds is 8. The summed E-state index contributed by atoms with van der Waals surface area (Å²) in [5.41, 5.74) is 2.66. The van der Waals surface area contributed by atoms with Crippen molar-refractivity contribution in [3.8, 4) is 0 Å². The summed E-state index contributed by atoms with van der Waals surface area (Å²) in [4.78, 5) is 0. The number of benzene rings is 1. The van der Waals surface area contributed by atoms with Crippen LogP contribution in [-0.4, -0.2) is 18.1 Å². The fraction of sp³-hybridized carbons (Fsp3) is 0.760. The molecule has 1 aromatic rings. The summed E-state index contributed by atoms with van der Waals surface area (Å²) < 4.78 is 62.0. The van der Waals surface area contributed by atoms with Gasteiger partial charge in [0, 0.05) is 12.3 Å². The van der Waals surface area contributed by atoms with Gasteiger partial charge in [0.1, 0.15) is 0 Å². The molecule has 0 N–H and O–H groups in total. The molecule has 2 fully saturated rings. The highest BCUT2D eigenvalue weighted by atomic mass is 19.3. The van der Waals surface area contributed by atoms with Gasteiger partial charge in [-0.3, -0.25) is 0 Å². The fourth-order valence-corrected chi connectivity index (χ4v) is 4.99. The Morgan fingerprint density at radius 1 is 0.933 bits per heavy atom. The van der Waals surface area contributed by atoms with Crippen molar-refractivity contribution in [2.24, 2.45) is 17.8 Å². The van der Waals surface area contributed by atoms with Crippen LogP contribution in [0.5, 0.6) is 0 Å². The second-order valence-electron chi connectivity index (χ2n) is 9.57. The van der Waals surface area contributed by atoms with Gasteiger partial charge in [-0.25, -0.2) is 8.78 Å². The zero-order valence-electron chi connectivity index (χ0n) is 18.3. The monoisotopic (exact) mass is 428 g/mol. The van der Waals surface area contributed by atoms with Crippen molar-refractivity contribution in [1.29, 1.82) is 0 Å². The van der Waals surface area contributed by atoms with E-state index in [9.17, 15) is 17.6 Å². The minimum atomic E-state index is -3.30. The van der Waals surface area contributed by atoms with E-state index in [1.807, 2.05) is 0 Å². The standard InChI is InChI=1S/C25H36F4O/c1-3-4-19-6-8-20(9-7-19)10-11-21-12-14-22(15-13-21)25(28,29)30-23-16-5-18(2)24(26,27)17-23/h6-9,18,21-23H,3-5,10-17H2,1-2H3. The summed E-state index contributed by atoms with van der Waals surface area (Å²) in [6, 6.07) is 8.73. The fourth-order valence-electron chi connectivity index (χ4n) is 4.99. The molecule has 2 atom stereocenters. The predicted molar refractivity (Wildman–Crippen MR) is 112 cm³/mol. The van der Waals surface area contributed by atoms with Crippen LogP contribution in [0.25, 0.3) is 0 Å². The number of ether oxygens (including phenoxy) is 1. The second-order valence-corrected chi connectivity index (χ2v) is 9.57. The average molecular weight is 429 g/mol. The smallest absolute Gasteiger partial charge is 0.317 e. The summed E-state index contributed by atoms with van der Waals surface area (Å²) in [6.45, 7) is 3.65. The van der Waals surface area contributed by atoms with Crippen molar-refractivity contribution in [3.63, 3.8) is 0 Å². The first-order chi connectivity index (χ1) is 14.2. The van der Waals surface area contributed by atoms with Gasteiger partial charge in [-0.2, -0.15) is 8.78 Å². The molecule has 30 heavy (non-hydrogen) atoms. The molecule has 2 aliphatic rings. The second kappa shape index (κ2) is 10.0. The van der Waals surface area contributed by atoms with Crippen molar-refractivity contribution < 1.29 is 22.3 Å². The Morgan fingerprint density at radius 2 is 1.53 bits per heavy atom. The van der Waals surface area contributed by atoms with E-state index in [-0.39, 0.29) is 6.42 Å². The highest BCUT2D eigenvalue weighted by molar-refractivity contribution is 5.22. The van der Waals surface area contributed by atoms with Crippen molar-refractivity contribution >= 4 is 0 Å². The molecule has 5 heteroatoms. The predicted octanol–water partition coefficient (Wildman–Crippen LogP) is 7.81. The number of hydrogen-bond donors (Lipinski definition) is 0. The van der Waals surface area contributed by atoms with E-state index in [1.54, 1.807) is 0 Å². The van der Waals surface area contributed by atoms with Gasteiger partial charge in [0.15, 0.2) is 0 Å². The molecule has 0 spiro atoms. The van der Waals surface area contributed by atoms with Gasteiger partial charge < -0.3 is 4.74 Å². The minimum Gasteiger partial charge on any atom is -0.317 e. The van der Waals surface area contributed by atoms with Crippen LogP contribution in [0.15, 0.2) is 24.3 Å². The molecule has 3 rings (SSSR count). The van der Waals surface area contributed by atoms with Gasteiger partial charge in [-0.15, -0.1) is 0 Å². The van der Waals surface area contributed by atoms with Crippen LogP contribution in [0.4, 0.5) is 17.6 Å². The Morgan fingerprint density at radius 3 is 2.10 bits per heavy atom. The lowest BCUT2D eigenvalue weighted by Gasteiger charge is -2.39. The van der Waals surface area contributed by atoms with Crippen LogP contribution in [0.2, 0.25) is 0 Å². The molecule has 0 heterocycles. The number of alkyl halides is 4. The van der Waals surface area contributed by atoms with Crippen LogP contribution in [0, 0.1) is 17.8 Å². The summed E-state index contributed by atoms with van der Waals surface area (Å²) in [6.07, 6.45) is 2.15. The largest absolute Gasteiger partial charge is 0.358 e. The first-order valence-electron chi connectivity index (χ1n) is 11.7. The molecule has 1 aromatic carbocycles. The average Bonchev–Trinajstić information content (AvgIpc) is 2.70.